The van der Waals surface area contributed by atoms with E-state index in [2.05, 4.69) is 15.5 Å². The topological polar surface area (TPSA) is 69.0 Å². The third-order valence-electron chi connectivity index (χ3n) is 4.05. The zero-order valence-corrected chi connectivity index (χ0v) is 17.3. The molecule has 0 aliphatic rings. The van der Waals surface area contributed by atoms with E-state index in [0.717, 1.165) is 5.56 Å². The summed E-state index contributed by atoms with van der Waals surface area (Å²) in [6, 6.07) is 15.2. The van der Waals surface area contributed by atoms with Crippen LogP contribution < -0.4 is 10.1 Å². The monoisotopic (exact) mass is 416 g/mol. The highest BCUT2D eigenvalue weighted by Crippen LogP contribution is 2.19. The summed E-state index contributed by atoms with van der Waals surface area (Å²) < 4.78 is 7.52. The van der Waals surface area contributed by atoms with Crippen molar-refractivity contribution in [2.45, 2.75) is 25.2 Å². The van der Waals surface area contributed by atoms with Gasteiger partial charge in [0.2, 0.25) is 5.91 Å². The molecule has 0 saturated heterocycles. The van der Waals surface area contributed by atoms with Crippen LogP contribution >= 0.6 is 23.4 Å². The molecule has 8 heteroatoms. The van der Waals surface area contributed by atoms with Crippen molar-refractivity contribution in [1.29, 1.82) is 0 Å². The van der Waals surface area contributed by atoms with Crippen molar-refractivity contribution >= 4 is 29.3 Å². The van der Waals surface area contributed by atoms with Crippen LogP contribution in [0.4, 0.5) is 0 Å². The fourth-order valence-corrected chi connectivity index (χ4v) is 3.25. The minimum atomic E-state index is -0.0486. The van der Waals surface area contributed by atoms with Crippen LogP contribution in [0.25, 0.3) is 0 Å². The summed E-state index contributed by atoms with van der Waals surface area (Å²) in [5.41, 5.74) is 2.27. The number of aromatic nitrogens is 3. The summed E-state index contributed by atoms with van der Waals surface area (Å²) in [6.07, 6.45) is 0. The summed E-state index contributed by atoms with van der Waals surface area (Å²) in [6.45, 7) is 2.83. The Morgan fingerprint density at radius 2 is 1.86 bits per heavy atom. The normalized spacial score (nSPS) is 10.7. The number of amides is 1. The molecule has 2 aromatic carbocycles. The van der Waals surface area contributed by atoms with Gasteiger partial charge in [0.1, 0.15) is 12.4 Å². The lowest BCUT2D eigenvalue weighted by Gasteiger charge is -2.07. The molecule has 1 aromatic heterocycles. The Bertz CT molecular complexity index is 926. The Balaban J connectivity index is 1.46. The molecule has 0 spiro atoms. The van der Waals surface area contributed by atoms with Crippen molar-refractivity contribution in [3.05, 3.63) is 70.5 Å². The Hall–Kier alpha value is -2.51. The number of nitrogens with zero attached hydrogens (tertiary/aromatic N) is 3. The third kappa shape index (κ3) is 5.74. The number of carbonyl (C=O) groups is 1. The molecule has 0 saturated carbocycles. The van der Waals surface area contributed by atoms with Gasteiger partial charge in [0.05, 0.1) is 5.75 Å². The van der Waals surface area contributed by atoms with Crippen LogP contribution in [0.15, 0.2) is 53.7 Å². The van der Waals surface area contributed by atoms with Crippen LogP contribution in [-0.2, 0) is 25.0 Å². The van der Waals surface area contributed by atoms with E-state index in [-0.39, 0.29) is 18.3 Å². The standard InChI is InChI=1S/C20H21ClN4O2S/c1-14-3-5-15(6-4-14)11-22-19(26)13-28-20-24-23-18(25(20)2)12-27-17-9-7-16(21)8-10-17/h3-10H,11-13H2,1-2H3,(H,22,26). The Morgan fingerprint density at radius 1 is 1.14 bits per heavy atom. The summed E-state index contributed by atoms with van der Waals surface area (Å²) in [5, 5.41) is 12.5. The molecule has 6 nitrogen and oxygen atoms in total. The highest BCUT2D eigenvalue weighted by Gasteiger charge is 2.12. The molecule has 0 fully saturated rings. The molecule has 28 heavy (non-hydrogen) atoms. The van der Waals surface area contributed by atoms with Crippen LogP contribution in [0, 0.1) is 6.92 Å². The number of hydrogen-bond acceptors (Lipinski definition) is 5. The number of rotatable bonds is 8. The van der Waals surface area contributed by atoms with E-state index in [1.54, 1.807) is 24.3 Å². The van der Waals surface area contributed by atoms with Gasteiger partial charge in [-0.05, 0) is 36.8 Å². The number of hydrogen-bond donors (Lipinski definition) is 1. The van der Waals surface area contributed by atoms with Crippen LogP contribution in [0.2, 0.25) is 5.02 Å². The summed E-state index contributed by atoms with van der Waals surface area (Å²) >= 11 is 7.21. The quantitative estimate of drug-likeness (QED) is 0.566. The maximum absolute atomic E-state index is 12.1. The van der Waals surface area contributed by atoms with Crippen LogP contribution in [0.1, 0.15) is 17.0 Å². The van der Waals surface area contributed by atoms with Crippen LogP contribution in [0.5, 0.6) is 5.75 Å². The summed E-state index contributed by atoms with van der Waals surface area (Å²) in [7, 11) is 1.85. The Kier molecular flexibility index (Phi) is 6.95. The van der Waals surface area contributed by atoms with E-state index in [4.69, 9.17) is 16.3 Å². The first-order valence-electron chi connectivity index (χ1n) is 8.73. The van der Waals surface area contributed by atoms with Gasteiger partial charge in [0.15, 0.2) is 11.0 Å². The van der Waals surface area contributed by atoms with Gasteiger partial charge in [-0.2, -0.15) is 0 Å². The van der Waals surface area contributed by atoms with Crippen LogP contribution in [-0.4, -0.2) is 26.4 Å². The van der Waals surface area contributed by atoms with E-state index < -0.39 is 0 Å². The maximum atomic E-state index is 12.1. The number of thioether (sulfide) groups is 1. The molecular weight excluding hydrogens is 396 g/mol. The van der Waals surface area contributed by atoms with E-state index >= 15 is 0 Å². The predicted molar refractivity (Wildman–Crippen MR) is 111 cm³/mol. The molecule has 3 aromatic rings. The lowest BCUT2D eigenvalue weighted by molar-refractivity contribution is -0.118. The van der Waals surface area contributed by atoms with Gasteiger partial charge >= 0.3 is 0 Å². The summed E-state index contributed by atoms with van der Waals surface area (Å²) in [5.74, 6) is 1.61. The number of nitrogens with one attached hydrogen (secondary N) is 1. The number of halogens is 1. The lowest BCUT2D eigenvalue weighted by atomic mass is 10.1. The molecule has 0 bridgehead atoms. The fourth-order valence-electron chi connectivity index (χ4n) is 2.36. The molecule has 1 heterocycles. The zero-order chi connectivity index (χ0) is 19.9. The molecular formula is C20H21ClN4O2S. The smallest absolute Gasteiger partial charge is 0.230 e. The van der Waals surface area contributed by atoms with Crippen molar-refractivity contribution < 1.29 is 9.53 Å². The SMILES string of the molecule is Cc1ccc(CNC(=O)CSc2nnc(COc3ccc(Cl)cc3)n2C)cc1. The van der Waals surface area contributed by atoms with Crippen molar-refractivity contribution in [3.8, 4) is 5.75 Å². The predicted octanol–water partition coefficient (Wildman–Crippen LogP) is 3.76. The fraction of sp³-hybridized carbons (Fsp3) is 0.250. The first-order chi connectivity index (χ1) is 13.5. The molecule has 0 radical (unpaired) electrons. The second kappa shape index (κ2) is 9.61. The van der Waals surface area contributed by atoms with Crippen molar-refractivity contribution in [3.63, 3.8) is 0 Å². The maximum Gasteiger partial charge on any atom is 0.230 e. The van der Waals surface area contributed by atoms with E-state index in [1.807, 2.05) is 42.8 Å². The molecule has 1 amide bonds. The Labute approximate surface area is 173 Å². The first-order valence-corrected chi connectivity index (χ1v) is 10.1. The lowest BCUT2D eigenvalue weighted by Crippen LogP contribution is -2.24. The largest absolute Gasteiger partial charge is 0.486 e. The molecule has 1 N–H and O–H groups in total. The second-order valence-corrected chi connectivity index (χ2v) is 7.63. The van der Waals surface area contributed by atoms with E-state index in [9.17, 15) is 4.79 Å². The van der Waals surface area contributed by atoms with Crippen molar-refractivity contribution in [2.75, 3.05) is 5.75 Å². The third-order valence-corrected chi connectivity index (χ3v) is 5.32. The van der Waals surface area contributed by atoms with Gasteiger partial charge in [-0.25, -0.2) is 0 Å². The number of benzene rings is 2. The second-order valence-electron chi connectivity index (χ2n) is 6.25. The van der Waals surface area contributed by atoms with Crippen molar-refractivity contribution in [1.82, 2.24) is 20.1 Å². The first kappa shape index (κ1) is 20.2. The van der Waals surface area contributed by atoms with Gasteiger partial charge in [0, 0.05) is 18.6 Å². The number of aryl methyl sites for hydroxylation is 1. The molecule has 0 unspecified atom stereocenters. The molecule has 3 rings (SSSR count). The van der Waals surface area contributed by atoms with Gasteiger partial charge in [-0.3, -0.25) is 4.79 Å². The van der Waals surface area contributed by atoms with Crippen molar-refractivity contribution in [2.24, 2.45) is 7.05 Å². The highest BCUT2D eigenvalue weighted by atomic mass is 35.5. The van der Waals surface area contributed by atoms with E-state index in [0.29, 0.717) is 28.3 Å². The minimum Gasteiger partial charge on any atom is -0.486 e. The van der Waals surface area contributed by atoms with Gasteiger partial charge in [-0.15, -0.1) is 10.2 Å². The molecule has 0 atom stereocenters. The Morgan fingerprint density at radius 3 is 2.57 bits per heavy atom. The average Bonchev–Trinajstić information content (AvgIpc) is 3.05. The number of ether oxygens (including phenoxy) is 1. The highest BCUT2D eigenvalue weighted by molar-refractivity contribution is 7.99. The molecule has 146 valence electrons. The summed E-state index contributed by atoms with van der Waals surface area (Å²) in [4.78, 5) is 12.1. The van der Waals surface area contributed by atoms with E-state index in [1.165, 1.54) is 17.3 Å². The minimum absolute atomic E-state index is 0.0486. The van der Waals surface area contributed by atoms with Crippen LogP contribution in [0.3, 0.4) is 0 Å². The average molecular weight is 417 g/mol. The van der Waals surface area contributed by atoms with Gasteiger partial charge in [-0.1, -0.05) is 53.2 Å². The molecule has 0 aliphatic heterocycles. The molecule has 0 aliphatic carbocycles. The van der Waals surface area contributed by atoms with Gasteiger partial charge < -0.3 is 14.6 Å². The zero-order valence-electron chi connectivity index (χ0n) is 15.7. The number of carbonyl (C=O) groups excluding carboxylic acids is 1. The van der Waals surface area contributed by atoms with Gasteiger partial charge in [0.25, 0.3) is 0 Å².